The van der Waals surface area contributed by atoms with Crippen molar-refractivity contribution in [3.05, 3.63) is 83.6 Å². The van der Waals surface area contributed by atoms with Crippen LogP contribution in [0.4, 0.5) is 0 Å². The molecule has 0 amide bonds. The number of aromatic amines is 1. The number of aromatic carboxylic acids is 1. The fraction of sp³-hybridized carbons (Fsp3) is 0.323. The molecule has 0 spiro atoms. The van der Waals surface area contributed by atoms with Crippen LogP contribution in [0.25, 0.3) is 21.7 Å². The van der Waals surface area contributed by atoms with E-state index in [0.29, 0.717) is 29.9 Å². The number of aromatic nitrogens is 1. The van der Waals surface area contributed by atoms with E-state index >= 15 is 0 Å². The van der Waals surface area contributed by atoms with E-state index in [0.717, 1.165) is 43.6 Å². The number of piperidine rings is 1. The molecule has 3 aromatic carbocycles. The predicted molar refractivity (Wildman–Crippen MR) is 149 cm³/mol. The number of rotatable bonds is 10. The van der Waals surface area contributed by atoms with E-state index in [1.165, 1.54) is 22.0 Å². The van der Waals surface area contributed by atoms with Crippen molar-refractivity contribution in [1.82, 2.24) is 9.88 Å². The van der Waals surface area contributed by atoms with Gasteiger partial charge in [0.2, 0.25) is 0 Å². The lowest BCUT2D eigenvalue weighted by molar-refractivity contribution is 0.0200. The highest BCUT2D eigenvalue weighted by Gasteiger charge is 2.22. The van der Waals surface area contributed by atoms with Crippen molar-refractivity contribution in [3.8, 4) is 11.5 Å². The molecule has 4 aromatic rings. The van der Waals surface area contributed by atoms with Gasteiger partial charge in [-0.2, -0.15) is 0 Å². The normalized spacial score (nSPS) is 15.0. The lowest BCUT2D eigenvalue weighted by Crippen LogP contribution is -2.36. The second-order valence-corrected chi connectivity index (χ2v) is 9.73. The Kier molecular flexibility index (Phi) is 7.96. The number of H-pyrrole nitrogens is 1. The van der Waals surface area contributed by atoms with Gasteiger partial charge >= 0.3 is 5.97 Å². The summed E-state index contributed by atoms with van der Waals surface area (Å²) in [4.78, 5) is 17.2. The SMILES string of the molecule is COc1cc(C)c2[nH]ccc2c1CN1CCC(OC/C=C\COc2ccc3c(C(=O)O)cccc3c2)CC1. The molecule has 0 radical (unpaired) electrons. The van der Waals surface area contributed by atoms with Gasteiger partial charge in [-0.05, 0) is 78.6 Å². The maximum absolute atomic E-state index is 11.4. The van der Waals surface area contributed by atoms with Gasteiger partial charge in [0.25, 0.3) is 0 Å². The Morgan fingerprint density at radius 1 is 1.08 bits per heavy atom. The molecule has 0 atom stereocenters. The van der Waals surface area contributed by atoms with Crippen LogP contribution >= 0.6 is 0 Å². The number of hydrogen-bond acceptors (Lipinski definition) is 5. The molecule has 0 saturated carbocycles. The average molecular weight is 515 g/mol. The third-order valence-electron chi connectivity index (χ3n) is 7.27. The molecule has 0 unspecified atom stereocenters. The minimum Gasteiger partial charge on any atom is -0.496 e. The van der Waals surface area contributed by atoms with Crippen LogP contribution in [-0.4, -0.2) is 60.5 Å². The van der Waals surface area contributed by atoms with Gasteiger partial charge in [0, 0.05) is 42.3 Å². The molecule has 1 saturated heterocycles. The number of carboxylic acid groups (broad SMARTS) is 1. The Labute approximate surface area is 222 Å². The van der Waals surface area contributed by atoms with Crippen LogP contribution < -0.4 is 9.47 Å². The highest BCUT2D eigenvalue weighted by atomic mass is 16.5. The number of hydrogen-bond donors (Lipinski definition) is 2. The molecule has 1 aliphatic rings. The summed E-state index contributed by atoms with van der Waals surface area (Å²) in [5.41, 5.74) is 3.92. The third kappa shape index (κ3) is 5.69. The fourth-order valence-electron chi connectivity index (χ4n) is 5.25. The summed E-state index contributed by atoms with van der Waals surface area (Å²) in [5, 5.41) is 12.1. The predicted octanol–water partition coefficient (Wildman–Crippen LogP) is 5.95. The first kappa shape index (κ1) is 25.8. The van der Waals surface area contributed by atoms with Gasteiger partial charge in [0.05, 0.1) is 25.4 Å². The molecular weight excluding hydrogens is 480 g/mol. The summed E-state index contributed by atoms with van der Waals surface area (Å²) >= 11 is 0. The zero-order chi connectivity index (χ0) is 26.5. The zero-order valence-electron chi connectivity index (χ0n) is 21.9. The molecule has 1 aliphatic heterocycles. The molecule has 2 N–H and O–H groups in total. The standard InChI is InChI=1S/C31H34N2O5/c1-21-18-29(36-2)28(26-10-13-32-30(21)26)20-33-14-11-23(12-15-33)37-16-3-4-17-38-24-8-9-25-22(19-24)6-5-7-27(25)31(34)35/h3-10,13,18-19,23,32H,11-12,14-17,20H2,1-2H3,(H,34,35)/b4-3-. The summed E-state index contributed by atoms with van der Waals surface area (Å²) in [7, 11) is 1.74. The van der Waals surface area contributed by atoms with E-state index in [-0.39, 0.29) is 6.10 Å². The van der Waals surface area contributed by atoms with E-state index in [1.807, 2.05) is 30.5 Å². The first-order valence-electron chi connectivity index (χ1n) is 13.0. The highest BCUT2D eigenvalue weighted by molar-refractivity contribution is 6.03. The van der Waals surface area contributed by atoms with Crippen LogP contribution in [0, 0.1) is 6.92 Å². The maximum atomic E-state index is 11.4. The van der Waals surface area contributed by atoms with Crippen LogP contribution in [0.15, 0.2) is 66.9 Å². The molecule has 0 aliphatic carbocycles. The monoisotopic (exact) mass is 514 g/mol. The Balaban J connectivity index is 1.06. The lowest BCUT2D eigenvalue weighted by atomic mass is 10.0. The second-order valence-electron chi connectivity index (χ2n) is 9.73. The Hall–Kier alpha value is -3.81. The van der Waals surface area contributed by atoms with Crippen molar-refractivity contribution in [1.29, 1.82) is 0 Å². The van der Waals surface area contributed by atoms with Crippen LogP contribution in [0.3, 0.4) is 0 Å². The number of ether oxygens (including phenoxy) is 3. The third-order valence-corrected chi connectivity index (χ3v) is 7.27. The van der Waals surface area contributed by atoms with Crippen molar-refractivity contribution in [2.24, 2.45) is 0 Å². The summed E-state index contributed by atoms with van der Waals surface area (Å²) in [6.07, 6.45) is 8.22. The van der Waals surface area contributed by atoms with E-state index < -0.39 is 5.97 Å². The van der Waals surface area contributed by atoms with Gasteiger partial charge in [0.1, 0.15) is 18.1 Å². The molecule has 5 rings (SSSR count). The number of likely N-dealkylation sites (tertiary alicyclic amines) is 1. The average Bonchev–Trinajstić information content (AvgIpc) is 3.43. The maximum Gasteiger partial charge on any atom is 0.336 e. The number of aryl methyl sites for hydroxylation is 1. The Morgan fingerprint density at radius 3 is 2.68 bits per heavy atom. The van der Waals surface area contributed by atoms with Gasteiger partial charge in [-0.25, -0.2) is 4.79 Å². The summed E-state index contributed by atoms with van der Waals surface area (Å²) in [5.74, 6) is 0.733. The Bertz CT molecular complexity index is 1450. The van der Waals surface area contributed by atoms with Crippen molar-refractivity contribution in [2.45, 2.75) is 32.4 Å². The van der Waals surface area contributed by atoms with E-state index in [1.54, 1.807) is 31.4 Å². The molecule has 38 heavy (non-hydrogen) atoms. The molecule has 7 heteroatoms. The van der Waals surface area contributed by atoms with Crippen LogP contribution in [0.1, 0.15) is 34.3 Å². The molecule has 0 bridgehead atoms. The molecule has 1 fully saturated rings. The number of carbonyl (C=O) groups is 1. The zero-order valence-corrected chi connectivity index (χ0v) is 21.9. The van der Waals surface area contributed by atoms with Gasteiger partial charge in [-0.3, -0.25) is 4.90 Å². The van der Waals surface area contributed by atoms with Crippen molar-refractivity contribution in [3.63, 3.8) is 0 Å². The molecule has 7 nitrogen and oxygen atoms in total. The van der Waals surface area contributed by atoms with Gasteiger partial charge < -0.3 is 24.3 Å². The molecule has 1 aromatic heterocycles. The van der Waals surface area contributed by atoms with E-state index in [9.17, 15) is 9.90 Å². The number of carboxylic acids is 1. The molecule has 2 heterocycles. The number of fused-ring (bicyclic) bond motifs is 2. The van der Waals surface area contributed by atoms with E-state index in [4.69, 9.17) is 14.2 Å². The smallest absolute Gasteiger partial charge is 0.336 e. The summed E-state index contributed by atoms with van der Waals surface area (Å²) < 4.78 is 17.6. The number of benzene rings is 3. The first-order chi connectivity index (χ1) is 18.5. The van der Waals surface area contributed by atoms with Crippen LogP contribution in [0.2, 0.25) is 0 Å². The lowest BCUT2D eigenvalue weighted by Gasteiger charge is -2.32. The van der Waals surface area contributed by atoms with E-state index in [2.05, 4.69) is 28.9 Å². The second kappa shape index (κ2) is 11.7. The summed E-state index contributed by atoms with van der Waals surface area (Å²) in [6.45, 7) is 5.95. The van der Waals surface area contributed by atoms with Crippen molar-refractivity contribution in [2.75, 3.05) is 33.4 Å². The number of methoxy groups -OCH3 is 1. The van der Waals surface area contributed by atoms with Crippen molar-refractivity contribution < 1.29 is 24.1 Å². The number of nitrogens with zero attached hydrogens (tertiary/aromatic N) is 1. The summed E-state index contributed by atoms with van der Waals surface area (Å²) in [6, 6.07) is 15.0. The molecule has 198 valence electrons. The first-order valence-corrected chi connectivity index (χ1v) is 13.0. The Morgan fingerprint density at radius 2 is 1.89 bits per heavy atom. The molecular formula is C31H34N2O5. The fourth-order valence-corrected chi connectivity index (χ4v) is 5.25. The van der Waals surface area contributed by atoms with Gasteiger partial charge in [-0.15, -0.1) is 0 Å². The quantitative estimate of drug-likeness (QED) is 0.254. The van der Waals surface area contributed by atoms with Crippen molar-refractivity contribution >= 4 is 27.6 Å². The van der Waals surface area contributed by atoms with Crippen LogP contribution in [0.5, 0.6) is 11.5 Å². The highest BCUT2D eigenvalue weighted by Crippen LogP contribution is 2.32. The van der Waals surface area contributed by atoms with Gasteiger partial charge in [0.15, 0.2) is 0 Å². The van der Waals surface area contributed by atoms with Crippen LogP contribution in [-0.2, 0) is 11.3 Å². The topological polar surface area (TPSA) is 84.0 Å². The minimum absolute atomic E-state index is 0.257. The number of nitrogens with one attached hydrogen (secondary N) is 1. The minimum atomic E-state index is -0.928. The van der Waals surface area contributed by atoms with Gasteiger partial charge in [-0.1, -0.05) is 18.2 Å². The largest absolute Gasteiger partial charge is 0.496 e.